The lowest BCUT2D eigenvalue weighted by Gasteiger charge is -2.15. The lowest BCUT2D eigenvalue weighted by Crippen LogP contribution is -2.16. The van der Waals surface area contributed by atoms with Gasteiger partial charge in [0.25, 0.3) is 0 Å². The first kappa shape index (κ1) is 20.2. The minimum Gasteiger partial charge on any atom is -0.350 e. The van der Waals surface area contributed by atoms with Crippen LogP contribution in [0.3, 0.4) is 0 Å². The summed E-state index contributed by atoms with van der Waals surface area (Å²) in [6.45, 7) is 3.43. The highest BCUT2D eigenvalue weighted by Gasteiger charge is 2.23. The molecule has 1 atom stereocenters. The molecule has 4 aromatic rings. The van der Waals surface area contributed by atoms with Gasteiger partial charge in [0.05, 0.1) is 21.8 Å². The van der Waals surface area contributed by atoms with Gasteiger partial charge in [-0.15, -0.1) is 0 Å². The second-order valence-corrected chi connectivity index (χ2v) is 8.56. The molecule has 1 unspecified atom stereocenters. The van der Waals surface area contributed by atoms with Gasteiger partial charge >= 0.3 is 0 Å². The van der Waals surface area contributed by atoms with Crippen molar-refractivity contribution in [1.29, 1.82) is 0 Å². The van der Waals surface area contributed by atoms with Gasteiger partial charge in [-0.2, -0.15) is 4.98 Å². The van der Waals surface area contributed by atoms with Crippen LogP contribution in [0.1, 0.15) is 12.0 Å². The van der Waals surface area contributed by atoms with Crippen molar-refractivity contribution in [2.75, 3.05) is 18.4 Å². The third-order valence-electron chi connectivity index (χ3n) is 5.57. The maximum Gasteiger partial charge on any atom is 0.225 e. The van der Waals surface area contributed by atoms with Gasteiger partial charge in [0.1, 0.15) is 11.3 Å². The monoisotopic (exact) mass is 452 g/mol. The maximum atomic E-state index is 6.53. The first-order valence-corrected chi connectivity index (χ1v) is 11.1. The summed E-state index contributed by atoms with van der Waals surface area (Å²) in [5.74, 6) is 1.79. The summed E-state index contributed by atoms with van der Waals surface area (Å²) in [6, 6.07) is 15.7. The fourth-order valence-corrected chi connectivity index (χ4v) is 4.55. The van der Waals surface area contributed by atoms with E-state index in [4.69, 9.17) is 33.2 Å². The molecule has 2 N–H and O–H groups in total. The van der Waals surface area contributed by atoms with Crippen molar-refractivity contribution in [1.82, 2.24) is 24.8 Å². The Bertz CT molecular complexity index is 1180. The second kappa shape index (κ2) is 8.83. The third-order valence-corrected chi connectivity index (χ3v) is 6.20. The minimum atomic E-state index is 0.494. The van der Waals surface area contributed by atoms with Gasteiger partial charge in [-0.3, -0.25) is 0 Å². The Balaban J connectivity index is 1.56. The summed E-state index contributed by atoms with van der Waals surface area (Å²) < 4.78 is 2.13. The molecule has 0 saturated carbocycles. The highest BCUT2D eigenvalue weighted by Crippen LogP contribution is 2.36. The van der Waals surface area contributed by atoms with Gasteiger partial charge in [-0.25, -0.2) is 9.97 Å². The molecule has 3 heterocycles. The highest BCUT2D eigenvalue weighted by molar-refractivity contribution is 6.39. The van der Waals surface area contributed by atoms with Crippen molar-refractivity contribution >= 4 is 40.3 Å². The second-order valence-electron chi connectivity index (χ2n) is 7.74. The van der Waals surface area contributed by atoms with Crippen LogP contribution in [-0.2, 0) is 13.1 Å². The number of nitrogens with zero attached hydrogens (tertiary/aromatic N) is 4. The summed E-state index contributed by atoms with van der Waals surface area (Å²) >= 11 is 13.1. The molecule has 2 aromatic carbocycles. The third kappa shape index (κ3) is 4.24. The molecule has 8 heteroatoms. The van der Waals surface area contributed by atoms with Crippen LogP contribution in [0, 0.1) is 5.92 Å². The van der Waals surface area contributed by atoms with E-state index in [0.717, 1.165) is 48.6 Å². The van der Waals surface area contributed by atoms with Gasteiger partial charge in [0.2, 0.25) is 5.95 Å². The number of anilines is 1. The van der Waals surface area contributed by atoms with Gasteiger partial charge in [0.15, 0.2) is 5.65 Å². The molecule has 0 radical (unpaired) electrons. The standard InChI is InChI=1S/C23H22Cl2N6/c24-17-7-4-8-18(25)20(17)22-29-19-13-28-23(27-12-15-5-2-1-3-6-15)30-21(19)31(22)14-16-9-10-26-11-16/h1-8,13,16,26H,9-12,14H2,(H,27,28,30). The molecule has 31 heavy (non-hydrogen) atoms. The van der Waals surface area contributed by atoms with Gasteiger partial charge in [-0.1, -0.05) is 59.6 Å². The SMILES string of the molecule is Clc1cccc(Cl)c1-c1nc2cnc(NCc3ccccc3)nc2n1CC1CCNC1. The van der Waals surface area contributed by atoms with Crippen molar-refractivity contribution in [2.45, 2.75) is 19.5 Å². The van der Waals surface area contributed by atoms with E-state index in [1.54, 1.807) is 6.20 Å². The van der Waals surface area contributed by atoms with Crippen LogP contribution in [0.4, 0.5) is 5.95 Å². The molecule has 5 rings (SSSR count). The van der Waals surface area contributed by atoms with Crippen LogP contribution in [0.2, 0.25) is 10.0 Å². The van der Waals surface area contributed by atoms with Crippen LogP contribution in [0.25, 0.3) is 22.6 Å². The van der Waals surface area contributed by atoms with E-state index in [2.05, 4.69) is 32.3 Å². The predicted octanol–water partition coefficient (Wildman–Crippen LogP) is 5.02. The smallest absolute Gasteiger partial charge is 0.225 e. The van der Waals surface area contributed by atoms with E-state index in [-0.39, 0.29) is 0 Å². The number of aromatic nitrogens is 4. The maximum absolute atomic E-state index is 6.53. The molecule has 2 aromatic heterocycles. The van der Waals surface area contributed by atoms with Crippen molar-refractivity contribution < 1.29 is 0 Å². The molecule has 0 spiro atoms. The molecule has 1 fully saturated rings. The lowest BCUT2D eigenvalue weighted by atomic mass is 10.1. The molecule has 1 aliphatic heterocycles. The zero-order chi connectivity index (χ0) is 21.2. The van der Waals surface area contributed by atoms with Gasteiger partial charge < -0.3 is 15.2 Å². The Morgan fingerprint density at radius 2 is 1.84 bits per heavy atom. The summed E-state index contributed by atoms with van der Waals surface area (Å²) in [4.78, 5) is 14.1. The largest absolute Gasteiger partial charge is 0.350 e. The van der Waals surface area contributed by atoms with Gasteiger partial charge in [-0.05, 0) is 43.1 Å². The molecule has 158 valence electrons. The molecule has 0 bridgehead atoms. The average Bonchev–Trinajstić information content (AvgIpc) is 3.42. The Labute approximate surface area is 190 Å². The highest BCUT2D eigenvalue weighted by atomic mass is 35.5. The summed E-state index contributed by atoms with van der Waals surface area (Å²) in [5.41, 5.74) is 3.40. The van der Waals surface area contributed by atoms with Crippen LogP contribution < -0.4 is 10.6 Å². The first-order valence-electron chi connectivity index (χ1n) is 10.3. The molecule has 1 aliphatic rings. The molecule has 0 aliphatic carbocycles. The molecule has 6 nitrogen and oxygen atoms in total. The average molecular weight is 453 g/mol. The molecular formula is C23H22Cl2N6. The molecule has 1 saturated heterocycles. The Morgan fingerprint density at radius 1 is 1.03 bits per heavy atom. The van der Waals surface area contributed by atoms with E-state index in [0.29, 0.717) is 28.5 Å². The number of hydrogen-bond acceptors (Lipinski definition) is 5. The van der Waals surface area contributed by atoms with Crippen molar-refractivity contribution in [3.05, 3.63) is 70.3 Å². The Morgan fingerprint density at radius 3 is 2.58 bits per heavy atom. The van der Waals surface area contributed by atoms with E-state index >= 15 is 0 Å². The van der Waals surface area contributed by atoms with E-state index in [1.165, 1.54) is 5.56 Å². The molecular weight excluding hydrogens is 431 g/mol. The van der Waals surface area contributed by atoms with Crippen LogP contribution in [-0.4, -0.2) is 32.6 Å². The number of fused-ring (bicyclic) bond motifs is 1. The fourth-order valence-electron chi connectivity index (χ4n) is 3.98. The van der Waals surface area contributed by atoms with Crippen LogP contribution in [0.15, 0.2) is 54.7 Å². The van der Waals surface area contributed by atoms with E-state index < -0.39 is 0 Å². The summed E-state index contributed by atoms with van der Waals surface area (Å²) in [6.07, 6.45) is 2.87. The van der Waals surface area contributed by atoms with Crippen LogP contribution >= 0.6 is 23.2 Å². The fraction of sp³-hybridized carbons (Fsp3) is 0.261. The normalized spacial score (nSPS) is 16.1. The van der Waals surface area contributed by atoms with Gasteiger partial charge in [0, 0.05) is 13.1 Å². The van der Waals surface area contributed by atoms with E-state index in [1.807, 2.05) is 36.4 Å². The van der Waals surface area contributed by atoms with Crippen molar-refractivity contribution in [3.63, 3.8) is 0 Å². The quantitative estimate of drug-likeness (QED) is 0.429. The Kier molecular flexibility index (Phi) is 5.76. The number of nitrogens with one attached hydrogen (secondary N) is 2. The summed E-state index contributed by atoms with van der Waals surface area (Å²) in [7, 11) is 0. The first-order chi connectivity index (χ1) is 15.2. The number of benzene rings is 2. The van der Waals surface area contributed by atoms with E-state index in [9.17, 15) is 0 Å². The predicted molar refractivity (Wildman–Crippen MR) is 126 cm³/mol. The topological polar surface area (TPSA) is 67.7 Å². The Hall–Kier alpha value is -2.67. The number of rotatable bonds is 6. The number of halogens is 2. The minimum absolute atomic E-state index is 0.494. The summed E-state index contributed by atoms with van der Waals surface area (Å²) in [5, 5.41) is 7.90. The number of hydrogen-bond donors (Lipinski definition) is 2. The zero-order valence-electron chi connectivity index (χ0n) is 16.9. The van der Waals surface area contributed by atoms with Crippen LogP contribution in [0.5, 0.6) is 0 Å². The van der Waals surface area contributed by atoms with Crippen molar-refractivity contribution in [3.8, 4) is 11.4 Å². The lowest BCUT2D eigenvalue weighted by molar-refractivity contribution is 0.490. The zero-order valence-corrected chi connectivity index (χ0v) is 18.4. The van der Waals surface area contributed by atoms with Crippen molar-refractivity contribution in [2.24, 2.45) is 5.92 Å². The number of imidazole rings is 1. The molecule has 0 amide bonds.